The van der Waals surface area contributed by atoms with Crippen LogP contribution in [0.2, 0.25) is 10.0 Å². The average molecular weight is 366 g/mol. The van der Waals surface area contributed by atoms with Gasteiger partial charge in [-0.1, -0.05) is 29.3 Å². The molecule has 8 heteroatoms. The zero-order valence-corrected chi connectivity index (χ0v) is 14.3. The van der Waals surface area contributed by atoms with Crippen LogP contribution in [-0.2, 0) is 20.6 Å². The number of rotatable bonds is 4. The molecule has 1 aromatic rings. The van der Waals surface area contributed by atoms with Gasteiger partial charge in [0.1, 0.15) is 0 Å². The molecule has 1 aliphatic heterocycles. The van der Waals surface area contributed by atoms with Crippen LogP contribution in [0.1, 0.15) is 25.3 Å². The van der Waals surface area contributed by atoms with Gasteiger partial charge in [0.05, 0.1) is 11.7 Å². The van der Waals surface area contributed by atoms with Gasteiger partial charge in [-0.2, -0.15) is 4.31 Å². The van der Waals surface area contributed by atoms with E-state index in [-0.39, 0.29) is 28.4 Å². The Labute approximate surface area is 139 Å². The zero-order chi connectivity index (χ0) is 16.5. The Morgan fingerprint density at radius 1 is 1.32 bits per heavy atom. The Balaban J connectivity index is 2.27. The number of aliphatic carboxylic acids is 1. The van der Waals surface area contributed by atoms with E-state index in [1.165, 1.54) is 4.31 Å². The molecule has 1 aromatic carbocycles. The van der Waals surface area contributed by atoms with E-state index in [9.17, 15) is 13.2 Å². The highest BCUT2D eigenvalue weighted by Gasteiger charge is 2.37. The lowest BCUT2D eigenvalue weighted by Gasteiger charge is -2.35. The Morgan fingerprint density at radius 2 is 1.91 bits per heavy atom. The summed E-state index contributed by atoms with van der Waals surface area (Å²) in [5.41, 5.74) is 0.343. The summed E-state index contributed by atoms with van der Waals surface area (Å²) in [5, 5.41) is 9.70. The van der Waals surface area contributed by atoms with Crippen LogP contribution in [-0.4, -0.2) is 36.4 Å². The van der Waals surface area contributed by atoms with Gasteiger partial charge in [-0.05, 0) is 31.9 Å². The van der Waals surface area contributed by atoms with Crippen molar-refractivity contribution in [1.29, 1.82) is 0 Å². The molecule has 0 saturated carbocycles. The summed E-state index contributed by atoms with van der Waals surface area (Å²) >= 11 is 12.1. The first-order valence-corrected chi connectivity index (χ1v) is 9.24. The van der Waals surface area contributed by atoms with E-state index in [0.717, 1.165) is 0 Å². The molecule has 1 N–H and O–H groups in total. The van der Waals surface area contributed by atoms with Gasteiger partial charge in [-0.25, -0.2) is 8.42 Å². The minimum atomic E-state index is -3.70. The molecule has 0 spiro atoms. The standard InChI is InChI=1S/C14H17Cl2NO4S/c1-9-5-6-10(14(18)19)7-17(9)22(20,21)8-11-12(15)3-2-4-13(11)16/h2-4,9-10H,5-8H2,1H3,(H,18,19). The summed E-state index contributed by atoms with van der Waals surface area (Å²) in [6.07, 6.45) is 1.00. The van der Waals surface area contributed by atoms with E-state index >= 15 is 0 Å². The molecule has 1 aliphatic rings. The van der Waals surface area contributed by atoms with Gasteiger partial charge in [-0.3, -0.25) is 4.79 Å². The molecular formula is C14H17Cl2NO4S. The third-order valence-electron chi connectivity index (χ3n) is 3.92. The van der Waals surface area contributed by atoms with Gasteiger partial charge < -0.3 is 5.11 Å². The van der Waals surface area contributed by atoms with Crippen molar-refractivity contribution in [2.75, 3.05) is 6.54 Å². The highest BCUT2D eigenvalue weighted by atomic mass is 35.5. The minimum Gasteiger partial charge on any atom is -0.481 e. The molecule has 1 heterocycles. The Morgan fingerprint density at radius 3 is 2.45 bits per heavy atom. The maximum Gasteiger partial charge on any atom is 0.307 e. The van der Waals surface area contributed by atoms with Crippen molar-refractivity contribution in [3.63, 3.8) is 0 Å². The maximum absolute atomic E-state index is 12.7. The molecule has 2 unspecified atom stereocenters. The molecule has 5 nitrogen and oxygen atoms in total. The summed E-state index contributed by atoms with van der Waals surface area (Å²) in [6.45, 7) is 1.77. The predicted octanol–water partition coefficient (Wildman–Crippen LogP) is 3.01. The van der Waals surface area contributed by atoms with Gasteiger partial charge in [-0.15, -0.1) is 0 Å². The van der Waals surface area contributed by atoms with E-state index in [1.807, 2.05) is 0 Å². The molecule has 122 valence electrons. The lowest BCUT2D eigenvalue weighted by Crippen LogP contribution is -2.47. The Bertz CT molecular complexity index is 657. The molecular weight excluding hydrogens is 349 g/mol. The monoisotopic (exact) mass is 365 g/mol. The van der Waals surface area contributed by atoms with E-state index in [2.05, 4.69) is 0 Å². The normalized spacial score (nSPS) is 23.4. The van der Waals surface area contributed by atoms with Crippen LogP contribution in [0.15, 0.2) is 18.2 Å². The van der Waals surface area contributed by atoms with Crippen LogP contribution in [0.5, 0.6) is 0 Å². The second-order valence-electron chi connectivity index (χ2n) is 5.49. The quantitative estimate of drug-likeness (QED) is 0.889. The first kappa shape index (κ1) is 17.5. The van der Waals surface area contributed by atoms with Crippen molar-refractivity contribution in [1.82, 2.24) is 4.31 Å². The fourth-order valence-corrected chi connectivity index (χ4v) is 5.19. The SMILES string of the molecule is CC1CCC(C(=O)O)CN1S(=O)(=O)Cc1c(Cl)cccc1Cl. The number of benzene rings is 1. The lowest BCUT2D eigenvalue weighted by molar-refractivity contribution is -0.143. The molecule has 0 radical (unpaired) electrons. The zero-order valence-electron chi connectivity index (χ0n) is 12.0. The van der Waals surface area contributed by atoms with Crippen molar-refractivity contribution >= 4 is 39.2 Å². The smallest absolute Gasteiger partial charge is 0.307 e. The summed E-state index contributed by atoms with van der Waals surface area (Å²) in [7, 11) is -3.70. The lowest BCUT2D eigenvalue weighted by atomic mass is 9.96. The molecule has 2 atom stereocenters. The van der Waals surface area contributed by atoms with E-state index in [1.54, 1.807) is 25.1 Å². The predicted molar refractivity (Wildman–Crippen MR) is 85.6 cm³/mol. The number of hydrogen-bond donors (Lipinski definition) is 1. The fraction of sp³-hybridized carbons (Fsp3) is 0.500. The first-order chi connectivity index (χ1) is 10.2. The van der Waals surface area contributed by atoms with Crippen molar-refractivity contribution in [2.45, 2.75) is 31.6 Å². The molecule has 0 bridgehead atoms. The second kappa shape index (κ2) is 6.74. The second-order valence-corrected chi connectivity index (χ2v) is 8.22. The van der Waals surface area contributed by atoms with Gasteiger partial charge >= 0.3 is 5.97 Å². The third kappa shape index (κ3) is 3.74. The number of carboxylic acid groups (broad SMARTS) is 1. The van der Waals surface area contributed by atoms with Crippen molar-refractivity contribution in [2.24, 2.45) is 5.92 Å². The molecule has 0 amide bonds. The van der Waals surface area contributed by atoms with Crippen LogP contribution in [0, 0.1) is 5.92 Å². The van der Waals surface area contributed by atoms with Gasteiger partial charge in [0, 0.05) is 28.2 Å². The van der Waals surface area contributed by atoms with Crippen molar-refractivity contribution in [3.8, 4) is 0 Å². The number of piperidine rings is 1. The third-order valence-corrected chi connectivity index (χ3v) is 6.51. The summed E-state index contributed by atoms with van der Waals surface area (Å²) in [6, 6.07) is 4.57. The van der Waals surface area contributed by atoms with E-state index < -0.39 is 21.9 Å². The molecule has 0 aliphatic carbocycles. The summed E-state index contributed by atoms with van der Waals surface area (Å²) in [4.78, 5) is 11.1. The minimum absolute atomic E-state index is 0.0130. The van der Waals surface area contributed by atoms with Crippen molar-refractivity contribution < 1.29 is 18.3 Å². The topological polar surface area (TPSA) is 74.7 Å². The average Bonchev–Trinajstić information content (AvgIpc) is 2.43. The highest BCUT2D eigenvalue weighted by molar-refractivity contribution is 7.88. The molecule has 0 aromatic heterocycles. The van der Waals surface area contributed by atoms with E-state index in [0.29, 0.717) is 18.4 Å². The van der Waals surface area contributed by atoms with Crippen LogP contribution in [0.3, 0.4) is 0 Å². The molecule has 2 rings (SSSR count). The molecule has 22 heavy (non-hydrogen) atoms. The number of carbonyl (C=O) groups is 1. The van der Waals surface area contributed by atoms with Crippen LogP contribution in [0.4, 0.5) is 0 Å². The largest absolute Gasteiger partial charge is 0.481 e. The van der Waals surface area contributed by atoms with Gasteiger partial charge in [0.15, 0.2) is 0 Å². The van der Waals surface area contributed by atoms with Crippen LogP contribution in [0.25, 0.3) is 0 Å². The van der Waals surface area contributed by atoms with Crippen LogP contribution >= 0.6 is 23.2 Å². The van der Waals surface area contributed by atoms with Gasteiger partial charge in [0.2, 0.25) is 10.0 Å². The van der Waals surface area contributed by atoms with Crippen LogP contribution < -0.4 is 0 Å². The number of nitrogens with zero attached hydrogens (tertiary/aromatic N) is 1. The molecule has 1 fully saturated rings. The maximum atomic E-state index is 12.7. The number of carboxylic acids is 1. The van der Waals surface area contributed by atoms with E-state index in [4.69, 9.17) is 28.3 Å². The first-order valence-electron chi connectivity index (χ1n) is 6.87. The highest BCUT2D eigenvalue weighted by Crippen LogP contribution is 2.30. The Hall–Kier alpha value is -0.820. The fourth-order valence-electron chi connectivity index (χ4n) is 2.60. The Kier molecular flexibility index (Phi) is 5.37. The number of halogens is 2. The molecule has 1 saturated heterocycles. The summed E-state index contributed by atoms with van der Waals surface area (Å²) in [5.74, 6) is -1.97. The number of sulfonamides is 1. The summed E-state index contributed by atoms with van der Waals surface area (Å²) < 4.78 is 26.6. The van der Waals surface area contributed by atoms with Crippen molar-refractivity contribution in [3.05, 3.63) is 33.8 Å². The number of hydrogen-bond acceptors (Lipinski definition) is 3. The van der Waals surface area contributed by atoms with Gasteiger partial charge in [0.25, 0.3) is 0 Å².